The summed E-state index contributed by atoms with van der Waals surface area (Å²) >= 11 is 0. The number of piperidine rings is 1. The molecule has 3 heteroatoms. The van der Waals surface area contributed by atoms with E-state index in [-0.39, 0.29) is 0 Å². The lowest BCUT2D eigenvalue weighted by Crippen LogP contribution is -2.39. The van der Waals surface area contributed by atoms with E-state index in [1.54, 1.807) is 0 Å². The monoisotopic (exact) mass is 262 g/mol. The van der Waals surface area contributed by atoms with Crippen LogP contribution in [0.3, 0.4) is 0 Å². The Hall–Kier alpha value is -1.22. The molecule has 1 aliphatic heterocycles. The van der Waals surface area contributed by atoms with E-state index in [2.05, 4.69) is 29.3 Å². The van der Waals surface area contributed by atoms with Crippen LogP contribution in [0.1, 0.15) is 33.1 Å². The lowest BCUT2D eigenvalue weighted by molar-refractivity contribution is 0.219. The van der Waals surface area contributed by atoms with E-state index in [9.17, 15) is 0 Å². The molecule has 1 N–H and O–H groups in total. The topological polar surface area (TPSA) is 24.5 Å². The first-order valence-corrected chi connectivity index (χ1v) is 7.54. The molecule has 106 valence electrons. The maximum absolute atomic E-state index is 5.67. The van der Waals surface area contributed by atoms with E-state index < -0.39 is 0 Å². The number of para-hydroxylation sites is 2. The summed E-state index contributed by atoms with van der Waals surface area (Å²) in [6.07, 6.45) is 3.70. The van der Waals surface area contributed by atoms with Crippen molar-refractivity contribution in [2.45, 2.75) is 39.2 Å². The van der Waals surface area contributed by atoms with Gasteiger partial charge in [0, 0.05) is 19.1 Å². The number of benzene rings is 1. The van der Waals surface area contributed by atoms with Crippen molar-refractivity contribution in [2.24, 2.45) is 0 Å². The highest BCUT2D eigenvalue weighted by molar-refractivity contribution is 5.56. The summed E-state index contributed by atoms with van der Waals surface area (Å²) in [5, 5.41) is 3.65. The third-order valence-corrected chi connectivity index (χ3v) is 3.67. The van der Waals surface area contributed by atoms with E-state index in [1.165, 1.54) is 38.9 Å². The van der Waals surface area contributed by atoms with Crippen LogP contribution in [-0.2, 0) is 0 Å². The van der Waals surface area contributed by atoms with E-state index >= 15 is 0 Å². The fourth-order valence-electron chi connectivity index (χ4n) is 2.70. The van der Waals surface area contributed by atoms with Crippen LogP contribution in [0.5, 0.6) is 5.75 Å². The molecule has 1 fully saturated rings. The molecule has 0 atom stereocenters. The summed E-state index contributed by atoms with van der Waals surface area (Å²) < 4.78 is 5.67. The Morgan fingerprint density at radius 2 is 1.95 bits per heavy atom. The molecule has 1 heterocycles. The second-order valence-electron chi connectivity index (χ2n) is 5.19. The molecule has 0 bridgehead atoms. The van der Waals surface area contributed by atoms with Crippen LogP contribution in [0.25, 0.3) is 0 Å². The minimum atomic E-state index is 0.578. The smallest absolute Gasteiger partial charge is 0.142 e. The first-order valence-electron chi connectivity index (χ1n) is 7.54. The Balaban J connectivity index is 1.88. The Kier molecular flexibility index (Phi) is 5.52. The summed E-state index contributed by atoms with van der Waals surface area (Å²) in [5.41, 5.74) is 1.14. The largest absolute Gasteiger partial charge is 0.492 e. The van der Waals surface area contributed by atoms with Crippen molar-refractivity contribution in [2.75, 3.05) is 31.6 Å². The van der Waals surface area contributed by atoms with Crippen molar-refractivity contribution in [1.29, 1.82) is 0 Å². The zero-order valence-electron chi connectivity index (χ0n) is 12.2. The first-order chi connectivity index (χ1) is 9.33. The van der Waals surface area contributed by atoms with Crippen molar-refractivity contribution in [3.8, 4) is 5.75 Å². The zero-order chi connectivity index (χ0) is 13.5. The fraction of sp³-hybridized carbons (Fsp3) is 0.625. The Bertz CT molecular complexity index is 373. The predicted molar refractivity (Wildman–Crippen MR) is 81.0 cm³/mol. The SMILES string of the molecule is CCCN1CCC(Nc2ccccc2OCC)CC1. The summed E-state index contributed by atoms with van der Waals surface area (Å²) in [6.45, 7) is 8.66. The normalized spacial score (nSPS) is 17.4. The number of anilines is 1. The molecule has 0 unspecified atom stereocenters. The zero-order valence-corrected chi connectivity index (χ0v) is 12.2. The van der Waals surface area contributed by atoms with Crippen molar-refractivity contribution >= 4 is 5.69 Å². The molecule has 19 heavy (non-hydrogen) atoms. The molecule has 0 amide bonds. The third kappa shape index (κ3) is 4.13. The summed E-state index contributed by atoms with van der Waals surface area (Å²) in [4.78, 5) is 2.56. The van der Waals surface area contributed by atoms with Crippen LogP contribution < -0.4 is 10.1 Å². The lowest BCUT2D eigenvalue weighted by atomic mass is 10.0. The molecule has 0 saturated carbocycles. The van der Waals surface area contributed by atoms with Crippen LogP contribution in [-0.4, -0.2) is 37.2 Å². The number of rotatable bonds is 6. The van der Waals surface area contributed by atoms with Crippen LogP contribution in [0.2, 0.25) is 0 Å². The Morgan fingerprint density at radius 3 is 2.63 bits per heavy atom. The van der Waals surface area contributed by atoms with Gasteiger partial charge in [-0.25, -0.2) is 0 Å². The van der Waals surface area contributed by atoms with Crippen LogP contribution >= 0.6 is 0 Å². The van der Waals surface area contributed by atoms with Crippen molar-refractivity contribution in [3.05, 3.63) is 24.3 Å². The highest BCUT2D eigenvalue weighted by Gasteiger charge is 2.19. The second kappa shape index (κ2) is 7.39. The first kappa shape index (κ1) is 14.2. The van der Waals surface area contributed by atoms with Gasteiger partial charge in [0.15, 0.2) is 0 Å². The number of hydrogen-bond donors (Lipinski definition) is 1. The Labute approximate surface area is 116 Å². The van der Waals surface area contributed by atoms with Gasteiger partial charge in [-0.1, -0.05) is 19.1 Å². The van der Waals surface area contributed by atoms with Gasteiger partial charge in [-0.2, -0.15) is 0 Å². The average molecular weight is 262 g/mol. The highest BCUT2D eigenvalue weighted by Crippen LogP contribution is 2.26. The van der Waals surface area contributed by atoms with Gasteiger partial charge < -0.3 is 15.0 Å². The summed E-state index contributed by atoms with van der Waals surface area (Å²) in [7, 11) is 0. The van der Waals surface area contributed by atoms with E-state index in [4.69, 9.17) is 4.74 Å². The van der Waals surface area contributed by atoms with Crippen molar-refractivity contribution in [3.63, 3.8) is 0 Å². The van der Waals surface area contributed by atoms with Crippen molar-refractivity contribution < 1.29 is 4.74 Å². The average Bonchev–Trinajstić information content (AvgIpc) is 2.44. The van der Waals surface area contributed by atoms with Gasteiger partial charge in [-0.05, 0) is 44.9 Å². The number of nitrogens with zero attached hydrogens (tertiary/aromatic N) is 1. The molecular formula is C16H26N2O. The number of nitrogens with one attached hydrogen (secondary N) is 1. The molecule has 0 radical (unpaired) electrons. The molecule has 2 rings (SSSR count). The minimum Gasteiger partial charge on any atom is -0.492 e. The van der Waals surface area contributed by atoms with Gasteiger partial charge in [0.2, 0.25) is 0 Å². The van der Waals surface area contributed by atoms with Gasteiger partial charge in [0.1, 0.15) is 5.75 Å². The number of ether oxygens (including phenoxy) is 1. The quantitative estimate of drug-likeness (QED) is 0.850. The molecule has 1 saturated heterocycles. The maximum Gasteiger partial charge on any atom is 0.142 e. The van der Waals surface area contributed by atoms with Crippen LogP contribution in [0.15, 0.2) is 24.3 Å². The fourth-order valence-corrected chi connectivity index (χ4v) is 2.70. The molecule has 1 aromatic rings. The van der Waals surface area contributed by atoms with Gasteiger partial charge in [-0.15, -0.1) is 0 Å². The van der Waals surface area contributed by atoms with E-state index in [0.717, 1.165) is 11.4 Å². The standard InChI is InChI=1S/C16H26N2O/c1-3-11-18-12-9-14(10-13-18)17-15-7-5-6-8-16(15)19-4-2/h5-8,14,17H,3-4,9-13H2,1-2H3. The van der Waals surface area contributed by atoms with Gasteiger partial charge in [0.05, 0.1) is 12.3 Å². The van der Waals surface area contributed by atoms with Gasteiger partial charge >= 0.3 is 0 Å². The van der Waals surface area contributed by atoms with E-state index in [1.807, 2.05) is 19.1 Å². The molecule has 3 nitrogen and oxygen atoms in total. The second-order valence-corrected chi connectivity index (χ2v) is 5.19. The maximum atomic E-state index is 5.67. The molecule has 0 aliphatic carbocycles. The van der Waals surface area contributed by atoms with Gasteiger partial charge in [0.25, 0.3) is 0 Å². The molecular weight excluding hydrogens is 236 g/mol. The van der Waals surface area contributed by atoms with Gasteiger partial charge in [-0.3, -0.25) is 0 Å². The highest BCUT2D eigenvalue weighted by atomic mass is 16.5. The molecule has 1 aliphatic rings. The van der Waals surface area contributed by atoms with Crippen LogP contribution in [0, 0.1) is 0 Å². The summed E-state index contributed by atoms with van der Waals surface area (Å²) in [5.74, 6) is 0.973. The molecule has 1 aromatic carbocycles. The van der Waals surface area contributed by atoms with E-state index in [0.29, 0.717) is 12.6 Å². The predicted octanol–water partition coefficient (Wildman–Crippen LogP) is 3.37. The minimum absolute atomic E-state index is 0.578. The number of hydrogen-bond acceptors (Lipinski definition) is 3. The van der Waals surface area contributed by atoms with Crippen LogP contribution in [0.4, 0.5) is 5.69 Å². The summed E-state index contributed by atoms with van der Waals surface area (Å²) in [6, 6.07) is 8.83. The molecule has 0 spiro atoms. The lowest BCUT2D eigenvalue weighted by Gasteiger charge is -2.32. The molecule has 0 aromatic heterocycles. The third-order valence-electron chi connectivity index (χ3n) is 3.67. The Morgan fingerprint density at radius 1 is 1.21 bits per heavy atom. The van der Waals surface area contributed by atoms with Crippen molar-refractivity contribution in [1.82, 2.24) is 4.90 Å². The number of likely N-dealkylation sites (tertiary alicyclic amines) is 1.